The molecule has 0 saturated heterocycles. The minimum atomic E-state index is -3.80. The van der Waals surface area contributed by atoms with Gasteiger partial charge in [-0.3, -0.25) is 4.72 Å². The van der Waals surface area contributed by atoms with Crippen molar-refractivity contribution in [3.8, 4) is 0 Å². The van der Waals surface area contributed by atoms with E-state index in [1.54, 1.807) is 36.4 Å². The van der Waals surface area contributed by atoms with Crippen LogP contribution in [0.4, 0.5) is 16.2 Å². The largest absolute Gasteiger partial charge is 0.335 e. The number of hydrogen-bond donors (Lipinski definition) is 3. The number of amides is 2. The number of urea groups is 1. The number of rotatable bonds is 5. The molecule has 1 fully saturated rings. The number of sulfonamides is 1. The van der Waals surface area contributed by atoms with Crippen LogP contribution in [0.25, 0.3) is 11.0 Å². The van der Waals surface area contributed by atoms with Crippen molar-refractivity contribution in [1.29, 1.82) is 0 Å². The molecule has 10 heteroatoms. The van der Waals surface area contributed by atoms with Crippen LogP contribution in [0.2, 0.25) is 0 Å². The number of nitrogens with zero attached hydrogens (tertiary/aromatic N) is 2. The maximum atomic E-state index is 12.7. The van der Waals surface area contributed by atoms with Crippen molar-refractivity contribution in [2.24, 2.45) is 0 Å². The Bertz CT molecular complexity index is 1060. The van der Waals surface area contributed by atoms with Crippen molar-refractivity contribution in [2.45, 2.75) is 23.8 Å². The average molecular weight is 389 g/mol. The van der Waals surface area contributed by atoms with E-state index >= 15 is 0 Å². The van der Waals surface area contributed by atoms with Gasteiger partial charge in [-0.15, -0.1) is 0 Å². The Morgan fingerprint density at radius 1 is 1.04 bits per heavy atom. The molecule has 1 heterocycles. The third-order valence-electron chi connectivity index (χ3n) is 3.85. The highest BCUT2D eigenvalue weighted by Gasteiger charge is 2.23. The van der Waals surface area contributed by atoms with E-state index in [1.807, 2.05) is 0 Å². The molecule has 1 aliphatic carbocycles. The maximum absolute atomic E-state index is 12.7. The molecule has 0 spiro atoms. The number of aromatic nitrogens is 2. The summed E-state index contributed by atoms with van der Waals surface area (Å²) in [6, 6.07) is 11.3. The van der Waals surface area contributed by atoms with Gasteiger partial charge < -0.3 is 10.6 Å². The fraction of sp³-hybridized carbons (Fsp3) is 0.188. The second kappa shape index (κ2) is 6.54. The lowest BCUT2D eigenvalue weighted by molar-refractivity contribution is 0.251. The van der Waals surface area contributed by atoms with Gasteiger partial charge in [-0.25, -0.2) is 13.2 Å². The Kier molecular flexibility index (Phi) is 4.21. The highest BCUT2D eigenvalue weighted by Crippen LogP contribution is 2.24. The van der Waals surface area contributed by atoms with E-state index in [4.69, 9.17) is 0 Å². The minimum absolute atomic E-state index is 0.0785. The van der Waals surface area contributed by atoms with E-state index < -0.39 is 10.0 Å². The van der Waals surface area contributed by atoms with Crippen molar-refractivity contribution in [3.63, 3.8) is 0 Å². The molecular formula is C16H15N5O3S2. The van der Waals surface area contributed by atoms with Crippen LogP contribution in [0.1, 0.15) is 12.8 Å². The van der Waals surface area contributed by atoms with Gasteiger partial charge in [0.05, 0.1) is 11.7 Å². The fourth-order valence-electron chi connectivity index (χ4n) is 2.41. The second-order valence-corrected chi connectivity index (χ2v) is 8.12. The normalized spacial score (nSPS) is 14.2. The minimum Gasteiger partial charge on any atom is -0.335 e. The van der Waals surface area contributed by atoms with Crippen molar-refractivity contribution >= 4 is 50.2 Å². The summed E-state index contributed by atoms with van der Waals surface area (Å²) in [6.45, 7) is 0. The molecule has 26 heavy (non-hydrogen) atoms. The molecule has 0 unspecified atom stereocenters. The highest BCUT2D eigenvalue weighted by molar-refractivity contribution is 7.93. The SMILES string of the molecule is O=C(Nc1ccc(NS(=O)(=O)c2cccc3nsnc23)cc1)NC1CC1. The predicted molar refractivity (Wildman–Crippen MR) is 99.8 cm³/mol. The van der Waals surface area contributed by atoms with Gasteiger partial charge >= 0.3 is 6.03 Å². The fourth-order valence-corrected chi connectivity index (χ4v) is 4.24. The number of benzene rings is 2. The molecule has 2 aromatic carbocycles. The van der Waals surface area contributed by atoms with Gasteiger partial charge in [-0.05, 0) is 49.2 Å². The summed E-state index contributed by atoms with van der Waals surface area (Å²) in [6.07, 6.45) is 2.02. The zero-order chi connectivity index (χ0) is 18.1. The summed E-state index contributed by atoms with van der Waals surface area (Å²) in [4.78, 5) is 11.8. The molecule has 8 nitrogen and oxygen atoms in total. The van der Waals surface area contributed by atoms with E-state index in [0.717, 1.165) is 24.6 Å². The summed E-state index contributed by atoms with van der Waals surface area (Å²) in [5.74, 6) is 0. The first-order chi connectivity index (χ1) is 12.5. The van der Waals surface area contributed by atoms with Crippen LogP contribution in [0.3, 0.4) is 0 Å². The summed E-state index contributed by atoms with van der Waals surface area (Å²) in [7, 11) is -3.80. The van der Waals surface area contributed by atoms with Crippen molar-refractivity contribution < 1.29 is 13.2 Å². The lowest BCUT2D eigenvalue weighted by Gasteiger charge is -2.10. The van der Waals surface area contributed by atoms with E-state index in [0.29, 0.717) is 22.4 Å². The standard InChI is InChI=1S/C16H15N5O3S2/c22-16(17-10-4-5-10)18-11-6-8-12(9-7-11)21-26(23,24)14-3-1-2-13-15(14)20-25-19-13/h1-3,6-10,21H,4-5H2,(H2,17,18,22). The Hall–Kier alpha value is -2.72. The van der Waals surface area contributed by atoms with Crippen LogP contribution in [0.15, 0.2) is 47.4 Å². The lowest BCUT2D eigenvalue weighted by Crippen LogP contribution is -2.30. The number of anilines is 2. The van der Waals surface area contributed by atoms with Gasteiger partial charge in [0.25, 0.3) is 10.0 Å². The highest BCUT2D eigenvalue weighted by atomic mass is 32.2. The topological polar surface area (TPSA) is 113 Å². The van der Waals surface area contributed by atoms with Crippen LogP contribution in [0.5, 0.6) is 0 Å². The number of hydrogen-bond acceptors (Lipinski definition) is 6. The first-order valence-corrected chi connectivity index (χ1v) is 10.1. The molecule has 0 bridgehead atoms. The molecule has 0 aliphatic heterocycles. The van der Waals surface area contributed by atoms with E-state index in [9.17, 15) is 13.2 Å². The monoisotopic (exact) mass is 389 g/mol. The number of carbonyl (C=O) groups excluding carboxylic acids is 1. The zero-order valence-electron chi connectivity index (χ0n) is 13.5. The molecule has 1 saturated carbocycles. The summed E-state index contributed by atoms with van der Waals surface area (Å²) in [5, 5.41) is 5.53. The van der Waals surface area contributed by atoms with Crippen LogP contribution >= 0.6 is 11.7 Å². The van der Waals surface area contributed by atoms with Crippen molar-refractivity contribution in [2.75, 3.05) is 10.0 Å². The van der Waals surface area contributed by atoms with E-state index in [1.165, 1.54) is 6.07 Å². The maximum Gasteiger partial charge on any atom is 0.319 e. The van der Waals surface area contributed by atoms with Gasteiger partial charge in [0.2, 0.25) is 0 Å². The molecule has 2 amide bonds. The third-order valence-corrected chi connectivity index (χ3v) is 5.80. The molecule has 3 aromatic rings. The third kappa shape index (κ3) is 3.60. The Morgan fingerprint density at radius 3 is 2.50 bits per heavy atom. The molecule has 4 rings (SSSR count). The first kappa shape index (κ1) is 16.7. The Labute approximate surface area is 154 Å². The van der Waals surface area contributed by atoms with E-state index in [-0.39, 0.29) is 17.0 Å². The quantitative estimate of drug-likeness (QED) is 0.621. The smallest absolute Gasteiger partial charge is 0.319 e. The van der Waals surface area contributed by atoms with Crippen LogP contribution in [0, 0.1) is 0 Å². The molecule has 0 atom stereocenters. The first-order valence-electron chi connectivity index (χ1n) is 7.93. The average Bonchev–Trinajstić information content (AvgIpc) is 3.28. The molecule has 1 aromatic heterocycles. The summed E-state index contributed by atoms with van der Waals surface area (Å²) >= 11 is 0.967. The Morgan fingerprint density at radius 2 is 1.77 bits per heavy atom. The lowest BCUT2D eigenvalue weighted by atomic mass is 10.3. The molecular weight excluding hydrogens is 374 g/mol. The summed E-state index contributed by atoms with van der Waals surface area (Å²) < 4.78 is 35.9. The van der Waals surface area contributed by atoms with Crippen LogP contribution in [-0.4, -0.2) is 29.2 Å². The number of nitrogens with one attached hydrogen (secondary N) is 3. The molecule has 1 aliphatic rings. The molecule has 0 radical (unpaired) electrons. The van der Waals surface area contributed by atoms with Gasteiger partial charge in [0, 0.05) is 17.4 Å². The van der Waals surface area contributed by atoms with Crippen LogP contribution < -0.4 is 15.4 Å². The zero-order valence-corrected chi connectivity index (χ0v) is 15.1. The van der Waals surface area contributed by atoms with Gasteiger partial charge in [0.15, 0.2) is 0 Å². The van der Waals surface area contributed by atoms with E-state index in [2.05, 4.69) is 24.1 Å². The summed E-state index contributed by atoms with van der Waals surface area (Å²) in [5.41, 5.74) is 1.86. The van der Waals surface area contributed by atoms with Gasteiger partial charge in [-0.1, -0.05) is 6.07 Å². The Balaban J connectivity index is 1.49. The van der Waals surface area contributed by atoms with Gasteiger partial charge in [0.1, 0.15) is 15.9 Å². The molecule has 3 N–H and O–H groups in total. The number of fused-ring (bicyclic) bond motifs is 1. The van der Waals surface area contributed by atoms with Crippen molar-refractivity contribution in [1.82, 2.24) is 14.1 Å². The predicted octanol–water partition coefficient (Wildman–Crippen LogP) is 2.78. The number of carbonyl (C=O) groups is 1. The van der Waals surface area contributed by atoms with Crippen molar-refractivity contribution in [3.05, 3.63) is 42.5 Å². The van der Waals surface area contributed by atoms with Gasteiger partial charge in [-0.2, -0.15) is 8.75 Å². The van der Waals surface area contributed by atoms with Crippen LogP contribution in [-0.2, 0) is 10.0 Å². The molecule has 134 valence electrons. The second-order valence-electron chi connectivity index (χ2n) is 5.94.